The summed E-state index contributed by atoms with van der Waals surface area (Å²) in [7, 11) is 0. The van der Waals surface area contributed by atoms with Crippen molar-refractivity contribution in [3.8, 4) is 16.9 Å². The molecule has 0 N–H and O–H groups in total. The van der Waals surface area contributed by atoms with Gasteiger partial charge in [-0.15, -0.1) is 6.58 Å². The predicted octanol–water partition coefficient (Wildman–Crippen LogP) is 8.99. The normalized spacial score (nSPS) is 18.7. The summed E-state index contributed by atoms with van der Waals surface area (Å²) in [6.45, 7) is 12.4. The molecule has 0 radical (unpaired) electrons. The van der Waals surface area contributed by atoms with Gasteiger partial charge in [0.25, 0.3) is 0 Å². The van der Waals surface area contributed by atoms with E-state index in [1.165, 1.54) is 18.2 Å². The van der Waals surface area contributed by atoms with Gasteiger partial charge in [-0.3, -0.25) is 0 Å². The van der Waals surface area contributed by atoms with E-state index >= 15 is 4.39 Å². The van der Waals surface area contributed by atoms with Crippen LogP contribution in [0.1, 0.15) is 51.5 Å². The summed E-state index contributed by atoms with van der Waals surface area (Å²) in [5.41, 5.74) is 2.42. The third-order valence-electron chi connectivity index (χ3n) is 6.52. The van der Waals surface area contributed by atoms with Crippen molar-refractivity contribution >= 4 is 5.57 Å². The summed E-state index contributed by atoms with van der Waals surface area (Å²) in [6, 6.07) is 9.76. The minimum absolute atomic E-state index is 0.0194. The molecule has 2 aromatic rings. The Kier molecular flexibility index (Phi) is 10.2. The smallest absolute Gasteiger partial charge is 0.201 e. The molecule has 2 unspecified atom stereocenters. The van der Waals surface area contributed by atoms with Gasteiger partial charge in [0.15, 0.2) is 11.6 Å². The zero-order chi connectivity index (χ0) is 26.1. The Morgan fingerprint density at radius 2 is 1.83 bits per heavy atom. The van der Waals surface area contributed by atoms with Crippen LogP contribution >= 0.6 is 0 Å². The van der Waals surface area contributed by atoms with E-state index < -0.39 is 11.6 Å². The first-order valence-electron chi connectivity index (χ1n) is 12.6. The van der Waals surface area contributed by atoms with E-state index in [1.54, 1.807) is 36.4 Å². The lowest BCUT2D eigenvalue weighted by Crippen LogP contribution is -2.25. The quantitative estimate of drug-likeness (QED) is 0.176. The molecule has 0 spiro atoms. The molecule has 0 amide bonds. The zero-order valence-electron chi connectivity index (χ0n) is 21.2. The van der Waals surface area contributed by atoms with Crippen LogP contribution in [0, 0.1) is 17.6 Å². The summed E-state index contributed by atoms with van der Waals surface area (Å²) in [5.74, 6) is -2.39. The van der Waals surface area contributed by atoms with Gasteiger partial charge in [-0.2, -0.15) is 4.39 Å². The Bertz CT molecular complexity index is 1110. The Hall–Kier alpha value is -3.05. The highest BCUT2D eigenvalue weighted by Gasteiger charge is 2.24. The molecule has 3 rings (SSSR count). The summed E-state index contributed by atoms with van der Waals surface area (Å²) in [6.07, 6.45) is 9.40. The van der Waals surface area contributed by atoms with Gasteiger partial charge in [0.1, 0.15) is 5.83 Å². The fourth-order valence-electron chi connectivity index (χ4n) is 4.36. The van der Waals surface area contributed by atoms with Crippen molar-refractivity contribution < 1.29 is 22.6 Å². The van der Waals surface area contributed by atoms with Crippen molar-refractivity contribution in [2.24, 2.45) is 5.92 Å². The van der Waals surface area contributed by atoms with Gasteiger partial charge in [0, 0.05) is 11.5 Å². The Labute approximate surface area is 212 Å². The molecule has 0 aliphatic carbocycles. The lowest BCUT2D eigenvalue weighted by molar-refractivity contribution is 0.0214. The van der Waals surface area contributed by atoms with Gasteiger partial charge < -0.3 is 9.47 Å². The van der Waals surface area contributed by atoms with Crippen molar-refractivity contribution in [1.29, 1.82) is 0 Å². The van der Waals surface area contributed by atoms with Gasteiger partial charge in [0.05, 0.1) is 19.3 Å². The number of hydrogen-bond acceptors (Lipinski definition) is 2. The van der Waals surface area contributed by atoms with Crippen molar-refractivity contribution in [1.82, 2.24) is 0 Å². The second kappa shape index (κ2) is 13.3. The maximum atomic E-state index is 15.1. The second-order valence-electron chi connectivity index (χ2n) is 9.02. The number of allylic oxidation sites excluding steroid dienone is 4. The van der Waals surface area contributed by atoms with Crippen LogP contribution < -0.4 is 4.74 Å². The van der Waals surface area contributed by atoms with Crippen LogP contribution in [0.3, 0.4) is 0 Å². The van der Waals surface area contributed by atoms with Crippen LogP contribution in [-0.2, 0) is 4.74 Å². The minimum atomic E-state index is -0.993. The van der Waals surface area contributed by atoms with E-state index in [0.717, 1.165) is 32.1 Å². The molecule has 192 valence electrons. The minimum Gasteiger partial charge on any atom is -0.490 e. The summed E-state index contributed by atoms with van der Waals surface area (Å²) in [4.78, 5) is 0. The number of unbranched alkanes of at least 4 members (excludes halogenated alkanes) is 2. The van der Waals surface area contributed by atoms with Gasteiger partial charge >= 0.3 is 0 Å². The molecular weight excluding hydrogens is 461 g/mol. The Morgan fingerprint density at radius 1 is 1.08 bits per heavy atom. The van der Waals surface area contributed by atoms with Crippen LogP contribution in [0.2, 0.25) is 0 Å². The maximum Gasteiger partial charge on any atom is 0.201 e. The molecule has 0 saturated carbocycles. The second-order valence-corrected chi connectivity index (χ2v) is 9.02. The zero-order valence-corrected chi connectivity index (χ0v) is 21.2. The third kappa shape index (κ3) is 6.79. The van der Waals surface area contributed by atoms with E-state index in [2.05, 4.69) is 20.1 Å². The Balaban J connectivity index is 1.70. The number of benzene rings is 2. The number of ether oxygens (including phenoxy) is 2. The van der Waals surface area contributed by atoms with E-state index in [-0.39, 0.29) is 29.2 Å². The molecule has 1 aliphatic rings. The van der Waals surface area contributed by atoms with Gasteiger partial charge in [-0.1, -0.05) is 62.8 Å². The van der Waals surface area contributed by atoms with Crippen LogP contribution in [0.25, 0.3) is 16.7 Å². The molecule has 1 saturated heterocycles. The summed E-state index contributed by atoms with van der Waals surface area (Å²) in [5, 5.41) is 0. The number of hydrogen-bond donors (Lipinski definition) is 0. The van der Waals surface area contributed by atoms with Crippen LogP contribution in [0.4, 0.5) is 13.2 Å². The number of rotatable bonds is 11. The SMILES string of the molecule is C=CC1CCC(C(=C/C)/C(F)=C\C(=C)c2ccc(-c3ccc(OCCCCC)c(F)c3F)cc2)CO1. The average Bonchev–Trinajstić information content (AvgIpc) is 2.90. The molecule has 1 aliphatic heterocycles. The first-order valence-corrected chi connectivity index (χ1v) is 12.6. The van der Waals surface area contributed by atoms with Crippen LogP contribution in [0.15, 0.2) is 79.2 Å². The van der Waals surface area contributed by atoms with E-state index in [0.29, 0.717) is 35.5 Å². The van der Waals surface area contributed by atoms with Crippen LogP contribution in [0.5, 0.6) is 5.75 Å². The highest BCUT2D eigenvalue weighted by Crippen LogP contribution is 2.33. The summed E-state index contributed by atoms with van der Waals surface area (Å²) >= 11 is 0. The molecule has 2 nitrogen and oxygen atoms in total. The fourth-order valence-corrected chi connectivity index (χ4v) is 4.36. The van der Waals surface area contributed by atoms with Gasteiger partial charge in [-0.05, 0) is 66.7 Å². The molecule has 2 atom stereocenters. The molecule has 36 heavy (non-hydrogen) atoms. The van der Waals surface area contributed by atoms with Gasteiger partial charge in [0.2, 0.25) is 5.82 Å². The van der Waals surface area contributed by atoms with Gasteiger partial charge in [-0.25, -0.2) is 8.78 Å². The molecular formula is C31H35F3O2. The fraction of sp³-hybridized carbons (Fsp3) is 0.355. The topological polar surface area (TPSA) is 18.5 Å². The van der Waals surface area contributed by atoms with E-state index in [4.69, 9.17) is 9.47 Å². The lowest BCUT2D eigenvalue weighted by atomic mass is 9.89. The average molecular weight is 497 g/mol. The maximum absolute atomic E-state index is 15.1. The molecule has 0 bridgehead atoms. The molecule has 5 heteroatoms. The predicted molar refractivity (Wildman–Crippen MR) is 141 cm³/mol. The third-order valence-corrected chi connectivity index (χ3v) is 6.52. The highest BCUT2D eigenvalue weighted by atomic mass is 19.2. The molecule has 1 fully saturated rings. The molecule has 2 aromatic carbocycles. The van der Waals surface area contributed by atoms with Crippen molar-refractivity contribution in [2.45, 2.75) is 52.1 Å². The van der Waals surface area contributed by atoms with Crippen molar-refractivity contribution in [3.63, 3.8) is 0 Å². The van der Waals surface area contributed by atoms with Crippen molar-refractivity contribution in [2.75, 3.05) is 13.2 Å². The van der Waals surface area contributed by atoms with Crippen molar-refractivity contribution in [3.05, 3.63) is 96.4 Å². The first-order chi connectivity index (χ1) is 17.4. The van der Waals surface area contributed by atoms with E-state index in [9.17, 15) is 8.78 Å². The largest absolute Gasteiger partial charge is 0.490 e. The monoisotopic (exact) mass is 496 g/mol. The molecule has 0 aromatic heterocycles. The molecule has 1 heterocycles. The standard InChI is InChI=1S/C31H35F3O2/c1-5-8-9-18-35-29-17-16-27(30(33)31(29)34)23-12-10-22(11-13-23)21(4)19-28(32)26(7-3)24-14-15-25(6-2)36-20-24/h6-7,10-13,16-17,19,24-25H,2,4-5,8-9,14-15,18,20H2,1,3H3/b26-7-,28-19+. The highest BCUT2D eigenvalue weighted by molar-refractivity contribution is 5.76. The van der Waals surface area contributed by atoms with Crippen LogP contribution in [-0.4, -0.2) is 19.3 Å². The number of halogens is 3. The summed E-state index contributed by atoms with van der Waals surface area (Å²) < 4.78 is 55.5. The first kappa shape index (κ1) is 27.5. The van der Waals surface area contributed by atoms with E-state index in [1.807, 2.05) is 6.92 Å². The lowest BCUT2D eigenvalue weighted by Gasteiger charge is -2.28. The Morgan fingerprint density at radius 3 is 2.44 bits per heavy atom.